The van der Waals surface area contributed by atoms with Crippen LogP contribution < -0.4 is 5.32 Å². The number of rotatable bonds is 3. The molecular formula is C15H14Cl2N2O. The average Bonchev–Trinajstić information content (AvgIpc) is 2.40. The van der Waals surface area contributed by atoms with Gasteiger partial charge in [0.2, 0.25) is 0 Å². The molecule has 1 N–H and O–H groups in total. The summed E-state index contributed by atoms with van der Waals surface area (Å²) < 4.78 is 0. The topological polar surface area (TPSA) is 42.0 Å². The number of pyridine rings is 1. The molecule has 3 nitrogen and oxygen atoms in total. The molecule has 0 spiro atoms. The van der Waals surface area contributed by atoms with Gasteiger partial charge in [0.25, 0.3) is 5.91 Å². The van der Waals surface area contributed by atoms with Crippen molar-refractivity contribution in [2.24, 2.45) is 0 Å². The van der Waals surface area contributed by atoms with Crippen molar-refractivity contribution in [2.45, 2.75) is 20.4 Å². The molecule has 1 heterocycles. The highest BCUT2D eigenvalue weighted by molar-refractivity contribution is 6.38. The zero-order chi connectivity index (χ0) is 14.7. The van der Waals surface area contributed by atoms with Crippen LogP contribution in [0.2, 0.25) is 10.2 Å². The van der Waals surface area contributed by atoms with Crippen LogP contribution in [0.4, 0.5) is 0 Å². The molecule has 0 saturated heterocycles. The molecular weight excluding hydrogens is 295 g/mol. The highest BCUT2D eigenvalue weighted by atomic mass is 35.5. The molecule has 5 heteroatoms. The molecule has 0 unspecified atom stereocenters. The predicted molar refractivity (Wildman–Crippen MR) is 81.3 cm³/mol. The van der Waals surface area contributed by atoms with Gasteiger partial charge in [-0.3, -0.25) is 4.79 Å². The Bertz CT molecular complexity index is 636. The van der Waals surface area contributed by atoms with Gasteiger partial charge in [-0.2, -0.15) is 0 Å². The molecule has 1 aromatic heterocycles. The molecule has 0 bridgehead atoms. The van der Waals surface area contributed by atoms with Crippen molar-refractivity contribution in [1.82, 2.24) is 10.3 Å². The number of aromatic nitrogens is 1. The number of benzene rings is 1. The first-order valence-corrected chi connectivity index (χ1v) is 6.89. The van der Waals surface area contributed by atoms with Crippen molar-refractivity contribution in [3.05, 3.63) is 62.9 Å². The van der Waals surface area contributed by atoms with Crippen LogP contribution in [0.3, 0.4) is 0 Å². The van der Waals surface area contributed by atoms with E-state index in [1.54, 1.807) is 6.07 Å². The Morgan fingerprint density at radius 1 is 1.20 bits per heavy atom. The summed E-state index contributed by atoms with van der Waals surface area (Å²) in [5, 5.41) is 3.20. The highest BCUT2D eigenvalue weighted by Gasteiger charge is 2.15. The Labute approximate surface area is 127 Å². The molecule has 1 aromatic carbocycles. The quantitative estimate of drug-likeness (QED) is 0.873. The number of carbonyl (C=O) groups is 1. The van der Waals surface area contributed by atoms with Crippen LogP contribution in [0.15, 0.2) is 30.5 Å². The molecule has 0 saturated carbocycles. The minimum atomic E-state index is -0.327. The number of hydrogen-bond acceptors (Lipinski definition) is 2. The van der Waals surface area contributed by atoms with Gasteiger partial charge in [0.05, 0.1) is 10.6 Å². The third kappa shape index (κ3) is 3.30. The lowest BCUT2D eigenvalue weighted by Crippen LogP contribution is -2.23. The maximum absolute atomic E-state index is 12.1. The zero-order valence-corrected chi connectivity index (χ0v) is 12.7. The third-order valence-corrected chi connectivity index (χ3v) is 3.71. The summed E-state index contributed by atoms with van der Waals surface area (Å²) in [7, 11) is 0. The summed E-state index contributed by atoms with van der Waals surface area (Å²) in [4.78, 5) is 16.0. The number of hydrogen-bond donors (Lipinski definition) is 1. The van der Waals surface area contributed by atoms with Gasteiger partial charge in [-0.05, 0) is 36.6 Å². The van der Waals surface area contributed by atoms with Crippen LogP contribution >= 0.6 is 23.2 Å². The number of aryl methyl sites for hydroxylation is 2. The predicted octanol–water partition coefficient (Wildman–Crippen LogP) is 3.94. The monoisotopic (exact) mass is 308 g/mol. The van der Waals surface area contributed by atoms with Gasteiger partial charge in [-0.25, -0.2) is 4.98 Å². The fourth-order valence-corrected chi connectivity index (χ4v) is 2.32. The van der Waals surface area contributed by atoms with E-state index in [0.717, 1.165) is 5.56 Å². The van der Waals surface area contributed by atoms with Crippen LogP contribution in [0.25, 0.3) is 0 Å². The Kier molecular flexibility index (Phi) is 4.63. The zero-order valence-electron chi connectivity index (χ0n) is 11.2. The standard InChI is InChI=1S/C15H14Cl2N2O/c1-9-3-4-11(7-10(9)2)8-19-15(20)13-12(16)5-6-18-14(13)17/h3-7H,8H2,1-2H3,(H,19,20). The van der Waals surface area contributed by atoms with Gasteiger partial charge >= 0.3 is 0 Å². The van der Waals surface area contributed by atoms with E-state index in [2.05, 4.69) is 10.3 Å². The number of nitrogens with one attached hydrogen (secondary N) is 1. The maximum atomic E-state index is 12.1. The fraction of sp³-hybridized carbons (Fsp3) is 0.200. The highest BCUT2D eigenvalue weighted by Crippen LogP contribution is 2.21. The van der Waals surface area contributed by atoms with E-state index >= 15 is 0 Å². The molecule has 0 aliphatic carbocycles. The summed E-state index contributed by atoms with van der Waals surface area (Å²) in [6, 6.07) is 7.59. The largest absolute Gasteiger partial charge is 0.348 e. The van der Waals surface area contributed by atoms with Crippen LogP contribution in [0.5, 0.6) is 0 Å². The summed E-state index contributed by atoms with van der Waals surface area (Å²) in [5.41, 5.74) is 3.64. The smallest absolute Gasteiger partial charge is 0.256 e. The van der Waals surface area contributed by atoms with Crippen molar-refractivity contribution < 1.29 is 4.79 Å². The van der Waals surface area contributed by atoms with Gasteiger partial charge in [-0.1, -0.05) is 41.4 Å². The van der Waals surface area contributed by atoms with E-state index in [4.69, 9.17) is 23.2 Å². The summed E-state index contributed by atoms with van der Waals surface area (Å²) in [6.45, 7) is 4.50. The first kappa shape index (κ1) is 14.8. The SMILES string of the molecule is Cc1ccc(CNC(=O)c2c(Cl)ccnc2Cl)cc1C. The second-order valence-electron chi connectivity index (χ2n) is 4.56. The first-order chi connectivity index (χ1) is 9.49. The second kappa shape index (κ2) is 6.25. The van der Waals surface area contributed by atoms with Gasteiger partial charge in [0.15, 0.2) is 0 Å². The molecule has 20 heavy (non-hydrogen) atoms. The van der Waals surface area contributed by atoms with Crippen LogP contribution in [0.1, 0.15) is 27.0 Å². The Hall–Kier alpha value is -1.58. The molecule has 0 fully saturated rings. The maximum Gasteiger partial charge on any atom is 0.256 e. The van der Waals surface area contributed by atoms with E-state index < -0.39 is 0 Å². The average molecular weight is 309 g/mol. The lowest BCUT2D eigenvalue weighted by atomic mass is 10.1. The number of nitrogens with zero attached hydrogens (tertiary/aromatic N) is 1. The van der Waals surface area contributed by atoms with Gasteiger partial charge in [0.1, 0.15) is 5.15 Å². The molecule has 0 aliphatic heterocycles. The van der Waals surface area contributed by atoms with Crippen molar-refractivity contribution in [2.75, 3.05) is 0 Å². The van der Waals surface area contributed by atoms with E-state index in [-0.39, 0.29) is 16.6 Å². The number of carbonyl (C=O) groups excluding carboxylic acids is 1. The fourth-order valence-electron chi connectivity index (χ4n) is 1.80. The number of halogens is 2. The lowest BCUT2D eigenvalue weighted by molar-refractivity contribution is 0.0951. The van der Waals surface area contributed by atoms with Crippen LogP contribution in [-0.4, -0.2) is 10.9 Å². The van der Waals surface area contributed by atoms with Gasteiger partial charge in [-0.15, -0.1) is 0 Å². The van der Waals surface area contributed by atoms with Crippen molar-refractivity contribution in [3.63, 3.8) is 0 Å². The number of amides is 1. The van der Waals surface area contributed by atoms with Crippen molar-refractivity contribution in [3.8, 4) is 0 Å². The lowest BCUT2D eigenvalue weighted by Gasteiger charge is -2.09. The third-order valence-electron chi connectivity index (χ3n) is 3.11. The van der Waals surface area contributed by atoms with E-state index in [9.17, 15) is 4.79 Å². The Balaban J connectivity index is 2.11. The molecule has 0 radical (unpaired) electrons. The van der Waals surface area contributed by atoms with Crippen LogP contribution in [-0.2, 0) is 6.54 Å². The molecule has 0 aliphatic rings. The first-order valence-electron chi connectivity index (χ1n) is 6.13. The Morgan fingerprint density at radius 3 is 2.60 bits per heavy atom. The minimum Gasteiger partial charge on any atom is -0.348 e. The van der Waals surface area contributed by atoms with Crippen molar-refractivity contribution in [1.29, 1.82) is 0 Å². The normalized spacial score (nSPS) is 10.4. The van der Waals surface area contributed by atoms with Gasteiger partial charge < -0.3 is 5.32 Å². The minimum absolute atomic E-state index is 0.107. The summed E-state index contributed by atoms with van der Waals surface area (Å²) in [5.74, 6) is -0.327. The Morgan fingerprint density at radius 2 is 1.95 bits per heavy atom. The van der Waals surface area contributed by atoms with E-state index in [0.29, 0.717) is 11.6 Å². The van der Waals surface area contributed by atoms with E-state index in [1.165, 1.54) is 17.3 Å². The molecule has 0 atom stereocenters. The van der Waals surface area contributed by atoms with Crippen molar-refractivity contribution >= 4 is 29.1 Å². The molecule has 104 valence electrons. The van der Waals surface area contributed by atoms with E-state index in [1.807, 2.05) is 32.0 Å². The summed E-state index contributed by atoms with van der Waals surface area (Å²) in [6.07, 6.45) is 1.46. The van der Waals surface area contributed by atoms with Crippen LogP contribution in [0, 0.1) is 13.8 Å². The van der Waals surface area contributed by atoms with Gasteiger partial charge in [0, 0.05) is 12.7 Å². The summed E-state index contributed by atoms with van der Waals surface area (Å²) >= 11 is 11.9. The molecule has 2 rings (SSSR count). The molecule has 2 aromatic rings. The second-order valence-corrected chi connectivity index (χ2v) is 5.33. The molecule has 1 amide bonds.